The number of nitrogens with one attached hydrogen (secondary N) is 3. The number of nitrogens with zero attached hydrogens (tertiary/aromatic N) is 5. The molecule has 0 spiro atoms. The number of hydrogen-bond acceptors (Lipinski definition) is 9. The highest BCUT2D eigenvalue weighted by atomic mass is 19.4. The van der Waals surface area contributed by atoms with Crippen LogP contribution in [0, 0.1) is 6.92 Å². The molecule has 1 aromatic heterocycles. The lowest BCUT2D eigenvalue weighted by molar-refractivity contribution is -0.137. The maximum absolute atomic E-state index is 13.9. The Kier molecular flexibility index (Phi) is 10.1. The summed E-state index contributed by atoms with van der Waals surface area (Å²) in [5.74, 6) is -0.169. The summed E-state index contributed by atoms with van der Waals surface area (Å²) in [6.45, 7) is 12.3. The zero-order chi connectivity index (χ0) is 32.8. The highest BCUT2D eigenvalue weighted by Gasteiger charge is 2.32. The van der Waals surface area contributed by atoms with E-state index >= 15 is 0 Å². The van der Waals surface area contributed by atoms with Gasteiger partial charge in [-0.05, 0) is 62.0 Å². The van der Waals surface area contributed by atoms with Gasteiger partial charge in [0.25, 0.3) is 5.91 Å². The molecule has 0 bridgehead atoms. The number of piperazine rings is 1. The van der Waals surface area contributed by atoms with E-state index in [0.717, 1.165) is 43.8 Å². The Balaban J connectivity index is 1.40. The van der Waals surface area contributed by atoms with Gasteiger partial charge >= 0.3 is 6.18 Å². The first-order valence-electron chi connectivity index (χ1n) is 15.1. The number of halogens is 3. The second kappa shape index (κ2) is 14.2. The third kappa shape index (κ3) is 7.93. The van der Waals surface area contributed by atoms with E-state index in [1.807, 2.05) is 4.90 Å². The summed E-state index contributed by atoms with van der Waals surface area (Å²) < 4.78 is 47.0. The predicted molar refractivity (Wildman–Crippen MR) is 174 cm³/mol. The van der Waals surface area contributed by atoms with Gasteiger partial charge in [-0.25, -0.2) is 15.0 Å². The van der Waals surface area contributed by atoms with Crippen molar-refractivity contribution >= 4 is 40.4 Å². The van der Waals surface area contributed by atoms with E-state index in [4.69, 9.17) is 10.5 Å². The van der Waals surface area contributed by atoms with Crippen molar-refractivity contribution in [2.45, 2.75) is 32.5 Å². The number of amides is 1. The molecular formula is C32H38F3N9O2. The van der Waals surface area contributed by atoms with Crippen molar-refractivity contribution in [1.29, 1.82) is 0 Å². The number of benzene rings is 2. The summed E-state index contributed by atoms with van der Waals surface area (Å²) in [7, 11) is 0. The number of aliphatic imine (C=N–C) groups is 1. The maximum Gasteiger partial charge on any atom is 0.416 e. The summed E-state index contributed by atoms with van der Waals surface area (Å²) >= 11 is 0. The zero-order valence-electron chi connectivity index (χ0n) is 25.8. The van der Waals surface area contributed by atoms with Gasteiger partial charge in [-0.15, -0.1) is 0 Å². The third-order valence-corrected chi connectivity index (χ3v) is 7.95. The summed E-state index contributed by atoms with van der Waals surface area (Å²) in [6.07, 6.45) is -0.729. The van der Waals surface area contributed by atoms with Crippen molar-refractivity contribution in [3.63, 3.8) is 0 Å². The number of carbonyl (C=O) groups excluding carboxylic acids is 1. The lowest BCUT2D eigenvalue weighted by Gasteiger charge is -2.36. The lowest BCUT2D eigenvalue weighted by atomic mass is 10.1. The molecule has 5 rings (SSSR count). The van der Waals surface area contributed by atoms with Gasteiger partial charge in [-0.3, -0.25) is 4.79 Å². The molecule has 11 nitrogen and oxygen atoms in total. The number of nitrogens with two attached hydrogens (primary N) is 1. The fourth-order valence-electron chi connectivity index (χ4n) is 5.30. The lowest BCUT2D eigenvalue weighted by Crippen LogP contribution is -2.46. The highest BCUT2D eigenvalue weighted by Crippen LogP contribution is 2.35. The summed E-state index contributed by atoms with van der Waals surface area (Å²) in [4.78, 5) is 31.0. The quantitative estimate of drug-likeness (QED) is 0.179. The minimum Gasteiger partial charge on any atom is -0.382 e. The van der Waals surface area contributed by atoms with Crippen LogP contribution in [0.15, 0.2) is 60.4 Å². The van der Waals surface area contributed by atoms with Crippen LogP contribution in [0.3, 0.4) is 0 Å². The normalized spacial score (nSPS) is 17.5. The first-order chi connectivity index (χ1) is 22.0. The van der Waals surface area contributed by atoms with Gasteiger partial charge in [0.05, 0.1) is 35.8 Å². The number of hydrogen-bond donors (Lipinski definition) is 4. The van der Waals surface area contributed by atoms with Crippen LogP contribution in [-0.4, -0.2) is 78.6 Å². The number of rotatable bonds is 10. The van der Waals surface area contributed by atoms with Crippen LogP contribution in [0.5, 0.6) is 0 Å². The van der Waals surface area contributed by atoms with Crippen LogP contribution >= 0.6 is 0 Å². The minimum absolute atomic E-state index is 0.0479. The number of carbonyl (C=O) groups is 1. The molecule has 0 aliphatic carbocycles. The molecule has 2 aromatic carbocycles. The summed E-state index contributed by atoms with van der Waals surface area (Å²) in [5.41, 5.74) is 8.18. The fourth-order valence-corrected chi connectivity index (χ4v) is 5.30. The van der Waals surface area contributed by atoms with E-state index < -0.39 is 17.6 Å². The van der Waals surface area contributed by atoms with E-state index in [1.54, 1.807) is 31.3 Å². The molecule has 46 heavy (non-hydrogen) atoms. The van der Waals surface area contributed by atoms with Crippen LogP contribution in [0.4, 0.5) is 41.9 Å². The molecule has 1 atom stereocenters. The van der Waals surface area contributed by atoms with Crippen molar-refractivity contribution in [3.8, 4) is 0 Å². The van der Waals surface area contributed by atoms with Gasteiger partial charge in [0, 0.05) is 49.7 Å². The van der Waals surface area contributed by atoms with E-state index in [0.29, 0.717) is 55.0 Å². The standard InChI is InChI=1S/C32H38F3N9O2/c1-4-37-27-18-38-31(40-23-8-13-46-19-23)42-28(27)29(36)41-26-14-21(7-6-20(26)3)30(45)39-24-15-22(32(33,34)35)16-25(17-24)44-11-9-43(5-2)10-12-44/h4,6-7,14-18,23,37H,1,5,8-13,19H2,2-3H3,(H2,36,41)(H,39,45)(H,38,40,42). The average molecular weight is 638 g/mol. The van der Waals surface area contributed by atoms with Crippen molar-refractivity contribution in [1.82, 2.24) is 14.9 Å². The molecule has 2 saturated heterocycles. The molecule has 5 N–H and O–H groups in total. The summed E-state index contributed by atoms with van der Waals surface area (Å²) in [5, 5.41) is 8.84. The third-order valence-electron chi connectivity index (χ3n) is 7.95. The summed E-state index contributed by atoms with van der Waals surface area (Å²) in [6, 6.07) is 8.53. The predicted octanol–water partition coefficient (Wildman–Crippen LogP) is 4.99. The van der Waals surface area contributed by atoms with Crippen molar-refractivity contribution < 1.29 is 22.7 Å². The Labute approximate surface area is 265 Å². The Bertz CT molecular complexity index is 1600. The van der Waals surface area contributed by atoms with Crippen LogP contribution < -0.4 is 26.6 Å². The Hall–Kier alpha value is -4.69. The second-order valence-electron chi connectivity index (χ2n) is 11.1. The van der Waals surface area contributed by atoms with Gasteiger partial charge in [0.15, 0.2) is 5.84 Å². The number of likely N-dealkylation sites (N-methyl/N-ethyl adjacent to an activating group) is 1. The van der Waals surface area contributed by atoms with E-state index in [2.05, 4.69) is 49.3 Å². The second-order valence-corrected chi connectivity index (χ2v) is 11.1. The Morgan fingerprint density at radius 1 is 1.20 bits per heavy atom. The molecule has 1 unspecified atom stereocenters. The number of aryl methyl sites for hydroxylation is 1. The minimum atomic E-state index is -4.58. The number of alkyl halides is 3. The van der Waals surface area contributed by atoms with Crippen molar-refractivity contribution in [3.05, 3.63) is 77.8 Å². The zero-order valence-corrected chi connectivity index (χ0v) is 25.8. The molecule has 2 aliphatic heterocycles. The molecule has 244 valence electrons. The first-order valence-corrected chi connectivity index (χ1v) is 15.1. The Morgan fingerprint density at radius 3 is 2.65 bits per heavy atom. The van der Waals surface area contributed by atoms with Crippen molar-refractivity contribution in [2.24, 2.45) is 10.7 Å². The molecule has 2 aliphatic rings. The van der Waals surface area contributed by atoms with E-state index in [-0.39, 0.29) is 23.1 Å². The van der Waals surface area contributed by atoms with Gasteiger partial charge in [-0.1, -0.05) is 19.6 Å². The molecule has 2 fully saturated rings. The molecule has 0 radical (unpaired) electrons. The molecule has 3 aromatic rings. The number of ether oxygens (including phenoxy) is 1. The van der Waals surface area contributed by atoms with Crippen molar-refractivity contribution in [2.75, 3.05) is 66.8 Å². The van der Waals surface area contributed by atoms with Gasteiger partial charge in [0.2, 0.25) is 5.95 Å². The molecule has 14 heteroatoms. The first kappa shape index (κ1) is 32.7. The number of anilines is 4. The molecule has 0 saturated carbocycles. The Morgan fingerprint density at radius 2 is 1.98 bits per heavy atom. The van der Waals surface area contributed by atoms with Gasteiger partial charge < -0.3 is 36.2 Å². The molecule has 3 heterocycles. The average Bonchev–Trinajstić information content (AvgIpc) is 3.55. The smallest absolute Gasteiger partial charge is 0.382 e. The number of aromatic nitrogens is 2. The van der Waals surface area contributed by atoms with Crippen LogP contribution in [-0.2, 0) is 10.9 Å². The maximum atomic E-state index is 13.9. The fraction of sp³-hybridized carbons (Fsp3) is 0.375. The highest BCUT2D eigenvalue weighted by molar-refractivity contribution is 6.06. The van der Waals surface area contributed by atoms with E-state index in [1.165, 1.54) is 12.3 Å². The monoisotopic (exact) mass is 637 g/mol. The van der Waals surface area contributed by atoms with Gasteiger partial charge in [0.1, 0.15) is 5.69 Å². The van der Waals surface area contributed by atoms with Crippen LogP contribution in [0.25, 0.3) is 0 Å². The SMILES string of the molecule is C=CNc1cnc(NC2CCOC2)nc1C(N)=Nc1cc(C(=O)Nc2cc(N3CCN(CC)CC3)cc(C(F)(F)F)c2)ccc1C. The topological polar surface area (TPSA) is 133 Å². The van der Waals surface area contributed by atoms with Crippen LogP contribution in [0.2, 0.25) is 0 Å². The largest absolute Gasteiger partial charge is 0.416 e. The molecular weight excluding hydrogens is 599 g/mol. The van der Waals surface area contributed by atoms with Gasteiger partial charge in [-0.2, -0.15) is 13.2 Å². The van der Waals surface area contributed by atoms with Crippen LogP contribution in [0.1, 0.15) is 40.5 Å². The van der Waals surface area contributed by atoms with E-state index in [9.17, 15) is 18.0 Å². The molecule has 1 amide bonds. The number of amidine groups is 1.